The van der Waals surface area contributed by atoms with Crippen molar-refractivity contribution in [2.45, 2.75) is 31.2 Å². The van der Waals surface area contributed by atoms with E-state index in [1.165, 1.54) is 35.4 Å². The minimum absolute atomic E-state index is 0.142. The number of hydrogen-bond acceptors (Lipinski definition) is 1. The Morgan fingerprint density at radius 2 is 2.00 bits per heavy atom. The van der Waals surface area contributed by atoms with Gasteiger partial charge in [0.1, 0.15) is 0 Å². The van der Waals surface area contributed by atoms with Gasteiger partial charge in [0.15, 0.2) is 8.56 Å². The first-order valence-electron chi connectivity index (χ1n) is 4.02. The molecule has 4 heteroatoms. The molecule has 54 valence electrons. The summed E-state index contributed by atoms with van der Waals surface area (Å²) in [5, 5.41) is 0. The first-order chi connectivity index (χ1) is 4.34. The molecule has 1 aliphatic carbocycles. The highest BCUT2D eigenvalue weighted by molar-refractivity contribution is 7.29. The normalized spacial score (nSPS) is 26.3. The summed E-state index contributed by atoms with van der Waals surface area (Å²) < 4.78 is 0. The van der Waals surface area contributed by atoms with E-state index in [9.17, 15) is 4.80 Å². The van der Waals surface area contributed by atoms with Crippen LogP contribution in [0.3, 0.4) is 0 Å². The van der Waals surface area contributed by atoms with Crippen molar-refractivity contribution < 1.29 is 4.80 Å². The lowest BCUT2D eigenvalue weighted by atomic mass is 10.4. The lowest BCUT2D eigenvalue weighted by Crippen LogP contribution is -2.27. The van der Waals surface area contributed by atoms with Crippen LogP contribution >= 0.6 is 0 Å². The highest BCUT2D eigenvalue weighted by atomic mass is 29.5. The van der Waals surface area contributed by atoms with Crippen molar-refractivity contribution in [3.63, 3.8) is 0 Å². The van der Waals surface area contributed by atoms with Gasteiger partial charge in [0.2, 0.25) is 0 Å². The Labute approximate surface area is 63.4 Å². The molecule has 9 heavy (non-hydrogen) atoms. The molecule has 0 amide bonds. The first-order valence-corrected chi connectivity index (χ1v) is 14.1. The fraction of sp³-hybridized carbons (Fsp3) is 1.00. The Morgan fingerprint density at radius 3 is 2.44 bits per heavy atom. The van der Waals surface area contributed by atoms with Gasteiger partial charge >= 0.3 is 0 Å². The van der Waals surface area contributed by atoms with Crippen LogP contribution < -0.4 is 0 Å². The predicted molar refractivity (Wildman–Crippen MR) is 50.1 cm³/mol. The maximum Gasteiger partial charge on any atom is 0.153 e. The summed E-state index contributed by atoms with van der Waals surface area (Å²) in [5.41, 5.74) is 0.870. The summed E-state index contributed by atoms with van der Waals surface area (Å²) in [6.07, 6.45) is 5.57. The summed E-state index contributed by atoms with van der Waals surface area (Å²) in [4.78, 5) is 9.59. The number of rotatable bonds is 2. The van der Waals surface area contributed by atoms with Crippen LogP contribution in [-0.2, 0) is 0 Å². The van der Waals surface area contributed by atoms with E-state index < -0.39 is 8.56 Å². The maximum atomic E-state index is 9.59. The monoisotopic (exact) mass is 176 g/mol. The zero-order valence-electron chi connectivity index (χ0n) is 6.14. The minimum atomic E-state index is -1.03. The minimum Gasteiger partial charge on any atom is -0.438 e. The fourth-order valence-corrected chi connectivity index (χ4v) is 13.0. The van der Waals surface area contributed by atoms with Crippen LogP contribution in [0.1, 0.15) is 25.7 Å². The molecule has 0 aromatic rings. The highest BCUT2D eigenvalue weighted by Gasteiger charge is 2.22. The average molecular weight is 176 g/mol. The van der Waals surface area contributed by atoms with E-state index in [0.717, 1.165) is 5.54 Å². The molecule has 1 aliphatic rings. The third-order valence-electron chi connectivity index (χ3n) is 2.36. The van der Waals surface area contributed by atoms with Crippen molar-refractivity contribution in [3.8, 4) is 0 Å². The molecule has 0 aliphatic heterocycles. The van der Waals surface area contributed by atoms with Gasteiger partial charge < -0.3 is 4.80 Å². The van der Waals surface area contributed by atoms with Crippen LogP contribution in [0.2, 0.25) is 5.54 Å². The molecule has 1 fully saturated rings. The van der Waals surface area contributed by atoms with Crippen molar-refractivity contribution in [1.29, 1.82) is 0 Å². The molecule has 1 nitrogen and oxygen atoms in total. The molecular formula is C5H16OSi3. The molecule has 0 bridgehead atoms. The van der Waals surface area contributed by atoms with E-state index in [1.54, 1.807) is 0 Å². The lowest BCUT2D eigenvalue weighted by Gasteiger charge is -2.11. The second-order valence-corrected chi connectivity index (χ2v) is 18.2. The third-order valence-corrected chi connectivity index (χ3v) is 17.0. The summed E-state index contributed by atoms with van der Waals surface area (Å²) in [6.45, 7) is 0. The zero-order valence-corrected chi connectivity index (χ0v) is 10.7. The van der Waals surface area contributed by atoms with Gasteiger partial charge in [0.05, 0.1) is 0 Å². The van der Waals surface area contributed by atoms with E-state index in [1.807, 2.05) is 0 Å². The molecule has 1 rings (SSSR count). The van der Waals surface area contributed by atoms with Crippen molar-refractivity contribution in [2.24, 2.45) is 0 Å². The van der Waals surface area contributed by atoms with Gasteiger partial charge in [0, 0.05) is 8.55 Å². The van der Waals surface area contributed by atoms with Crippen molar-refractivity contribution in [1.82, 2.24) is 0 Å². The van der Waals surface area contributed by atoms with E-state index in [-0.39, 0.29) is 8.55 Å². The molecule has 0 spiro atoms. The van der Waals surface area contributed by atoms with Crippen molar-refractivity contribution >= 4 is 26.9 Å². The molecule has 0 radical (unpaired) electrons. The summed E-state index contributed by atoms with van der Waals surface area (Å²) in [7, 11) is 0.467. The molecule has 0 aromatic heterocycles. The second kappa shape index (κ2) is 3.70. The first kappa shape index (κ1) is 7.71. The molecule has 1 unspecified atom stereocenters. The smallest absolute Gasteiger partial charge is 0.153 e. The summed E-state index contributed by atoms with van der Waals surface area (Å²) >= 11 is 0. The SMILES string of the molecule is O[SiH]([SiH2][SiH3])C1CCCC1. The predicted octanol–water partition coefficient (Wildman–Crippen LogP) is -1.41. The van der Waals surface area contributed by atoms with E-state index in [0.29, 0.717) is 0 Å². The third kappa shape index (κ3) is 2.03. The molecular weight excluding hydrogens is 160 g/mol. The largest absolute Gasteiger partial charge is 0.438 e. The van der Waals surface area contributed by atoms with Crippen LogP contribution in [0.15, 0.2) is 0 Å². The molecule has 1 atom stereocenters. The van der Waals surface area contributed by atoms with Gasteiger partial charge in [-0.15, -0.1) is 0 Å². The van der Waals surface area contributed by atoms with Gasteiger partial charge in [-0.3, -0.25) is 0 Å². The second-order valence-electron chi connectivity index (χ2n) is 3.02. The average Bonchev–Trinajstić information content (AvgIpc) is 2.37. The quantitative estimate of drug-likeness (QED) is 0.513. The summed E-state index contributed by atoms with van der Waals surface area (Å²) in [5.74, 6) is 0. The van der Waals surface area contributed by atoms with Crippen LogP contribution in [0.4, 0.5) is 0 Å². The number of hydrogen-bond donors (Lipinski definition) is 1. The highest BCUT2D eigenvalue weighted by Crippen LogP contribution is 2.30. The standard InChI is InChI=1S/C5H16OSi3/c6-9(8-7)5-3-1-2-4-5/h5-6,9H,1-4,8H2,7H3. The maximum absolute atomic E-state index is 9.59. The van der Waals surface area contributed by atoms with Gasteiger partial charge in [-0.25, -0.2) is 0 Å². The Hall–Kier alpha value is 0.611. The molecule has 0 saturated heterocycles. The van der Waals surface area contributed by atoms with Gasteiger partial charge in [0.25, 0.3) is 0 Å². The Balaban J connectivity index is 2.24. The molecule has 0 heterocycles. The Kier molecular flexibility index (Phi) is 3.17. The Bertz CT molecular complexity index is 82.3. The molecule has 0 aromatic carbocycles. The molecule has 1 saturated carbocycles. The van der Waals surface area contributed by atoms with E-state index in [4.69, 9.17) is 0 Å². The van der Waals surface area contributed by atoms with Crippen LogP contribution in [0.25, 0.3) is 0 Å². The van der Waals surface area contributed by atoms with Crippen LogP contribution in [0, 0.1) is 0 Å². The van der Waals surface area contributed by atoms with Crippen molar-refractivity contribution in [2.75, 3.05) is 0 Å². The van der Waals surface area contributed by atoms with Crippen LogP contribution in [0.5, 0.6) is 0 Å². The zero-order chi connectivity index (χ0) is 6.69. The fourth-order valence-electron chi connectivity index (χ4n) is 1.68. The van der Waals surface area contributed by atoms with E-state index >= 15 is 0 Å². The molecule has 1 N–H and O–H groups in total. The topological polar surface area (TPSA) is 20.2 Å². The van der Waals surface area contributed by atoms with Crippen molar-refractivity contribution in [3.05, 3.63) is 0 Å². The van der Waals surface area contributed by atoms with Crippen LogP contribution in [-0.4, -0.2) is 31.7 Å². The van der Waals surface area contributed by atoms with Gasteiger partial charge in [-0.05, 0) is 15.3 Å². The van der Waals surface area contributed by atoms with Gasteiger partial charge in [-0.2, -0.15) is 0 Å². The Morgan fingerprint density at radius 1 is 1.44 bits per heavy atom. The lowest BCUT2D eigenvalue weighted by molar-refractivity contribution is 0.564. The van der Waals surface area contributed by atoms with Gasteiger partial charge in [-0.1, -0.05) is 25.7 Å². The summed E-state index contributed by atoms with van der Waals surface area (Å²) in [6, 6.07) is 0. The van der Waals surface area contributed by atoms with E-state index in [2.05, 4.69) is 0 Å².